The molecule has 0 radical (unpaired) electrons. The molecule has 0 aromatic carbocycles. The van der Waals surface area contributed by atoms with Crippen LogP contribution < -0.4 is 0 Å². The van der Waals surface area contributed by atoms with Gasteiger partial charge >= 0.3 is 0 Å². The van der Waals surface area contributed by atoms with E-state index in [9.17, 15) is 13.5 Å². The first-order chi connectivity index (χ1) is 8.39. The molecule has 2 aliphatic rings. The highest BCUT2D eigenvalue weighted by Crippen LogP contribution is 2.32. The van der Waals surface area contributed by atoms with E-state index in [1.54, 1.807) is 4.31 Å². The van der Waals surface area contributed by atoms with Crippen molar-refractivity contribution in [2.75, 3.05) is 32.6 Å². The summed E-state index contributed by atoms with van der Waals surface area (Å²) in [5, 5.41) is 10.5. The van der Waals surface area contributed by atoms with E-state index in [1.807, 2.05) is 0 Å². The Hall–Kier alpha value is -0.170. The Morgan fingerprint density at radius 2 is 2.06 bits per heavy atom. The molecule has 0 saturated carbocycles. The van der Waals surface area contributed by atoms with Crippen molar-refractivity contribution in [3.05, 3.63) is 0 Å². The Labute approximate surface area is 109 Å². The maximum Gasteiger partial charge on any atom is 0.211 e. The SMILES string of the molecule is CS(=O)(=O)N1CCCC(CC2(O)CCOCC2)C1. The smallest absolute Gasteiger partial charge is 0.211 e. The summed E-state index contributed by atoms with van der Waals surface area (Å²) in [6.45, 7) is 2.40. The van der Waals surface area contributed by atoms with E-state index < -0.39 is 15.6 Å². The maximum atomic E-state index is 11.5. The van der Waals surface area contributed by atoms with E-state index in [0.717, 1.165) is 12.8 Å². The van der Waals surface area contributed by atoms with E-state index in [2.05, 4.69) is 0 Å². The van der Waals surface area contributed by atoms with Crippen LogP contribution in [0, 0.1) is 5.92 Å². The number of aliphatic hydroxyl groups is 1. The summed E-state index contributed by atoms with van der Waals surface area (Å²) < 4.78 is 29.9. The standard InChI is InChI=1S/C12H23NO4S/c1-18(15,16)13-6-2-3-11(10-13)9-12(14)4-7-17-8-5-12/h11,14H,2-10H2,1H3. The largest absolute Gasteiger partial charge is 0.390 e. The van der Waals surface area contributed by atoms with Gasteiger partial charge in [0.1, 0.15) is 0 Å². The van der Waals surface area contributed by atoms with Crippen molar-refractivity contribution < 1.29 is 18.3 Å². The lowest BCUT2D eigenvalue weighted by molar-refractivity contribution is -0.0790. The molecule has 6 heteroatoms. The molecule has 1 unspecified atom stereocenters. The molecule has 2 fully saturated rings. The molecule has 0 bridgehead atoms. The molecule has 2 saturated heterocycles. The summed E-state index contributed by atoms with van der Waals surface area (Å²) in [5.74, 6) is 0.275. The average molecular weight is 277 g/mol. The number of sulfonamides is 1. The highest BCUT2D eigenvalue weighted by Gasteiger charge is 2.35. The number of nitrogens with zero attached hydrogens (tertiary/aromatic N) is 1. The van der Waals surface area contributed by atoms with Crippen molar-refractivity contribution in [2.24, 2.45) is 5.92 Å². The minimum Gasteiger partial charge on any atom is -0.390 e. The molecule has 0 spiro atoms. The summed E-state index contributed by atoms with van der Waals surface area (Å²) in [4.78, 5) is 0. The van der Waals surface area contributed by atoms with Crippen LogP contribution in [-0.2, 0) is 14.8 Å². The summed E-state index contributed by atoms with van der Waals surface area (Å²) in [6.07, 6.45) is 5.20. The van der Waals surface area contributed by atoms with E-state index in [0.29, 0.717) is 45.6 Å². The van der Waals surface area contributed by atoms with Gasteiger partial charge in [-0.05, 0) is 38.0 Å². The highest BCUT2D eigenvalue weighted by atomic mass is 32.2. The number of hydrogen-bond donors (Lipinski definition) is 1. The third-order valence-electron chi connectivity index (χ3n) is 4.04. The van der Waals surface area contributed by atoms with Gasteiger partial charge in [0.2, 0.25) is 10.0 Å². The van der Waals surface area contributed by atoms with Crippen LogP contribution in [0.15, 0.2) is 0 Å². The first-order valence-electron chi connectivity index (χ1n) is 6.64. The van der Waals surface area contributed by atoms with E-state index >= 15 is 0 Å². The topological polar surface area (TPSA) is 66.8 Å². The van der Waals surface area contributed by atoms with Gasteiger partial charge in [-0.2, -0.15) is 0 Å². The van der Waals surface area contributed by atoms with Gasteiger partial charge in [-0.15, -0.1) is 0 Å². The van der Waals surface area contributed by atoms with Crippen LogP contribution in [0.1, 0.15) is 32.1 Å². The van der Waals surface area contributed by atoms with Crippen LogP contribution in [0.3, 0.4) is 0 Å². The van der Waals surface area contributed by atoms with Gasteiger partial charge in [0, 0.05) is 26.3 Å². The van der Waals surface area contributed by atoms with E-state index in [4.69, 9.17) is 4.74 Å². The fourth-order valence-corrected chi connectivity index (χ4v) is 3.93. The maximum absolute atomic E-state index is 11.5. The van der Waals surface area contributed by atoms with Gasteiger partial charge in [-0.25, -0.2) is 12.7 Å². The molecular weight excluding hydrogens is 254 g/mol. The minimum atomic E-state index is -3.09. The molecule has 0 amide bonds. The molecule has 5 nitrogen and oxygen atoms in total. The van der Waals surface area contributed by atoms with Crippen LogP contribution in [0.5, 0.6) is 0 Å². The first-order valence-corrected chi connectivity index (χ1v) is 8.49. The Morgan fingerprint density at radius 3 is 2.67 bits per heavy atom. The zero-order chi connectivity index (χ0) is 13.2. The third kappa shape index (κ3) is 3.66. The molecule has 0 aliphatic carbocycles. The van der Waals surface area contributed by atoms with Gasteiger partial charge < -0.3 is 9.84 Å². The predicted molar refractivity (Wildman–Crippen MR) is 68.8 cm³/mol. The highest BCUT2D eigenvalue weighted by molar-refractivity contribution is 7.88. The Balaban J connectivity index is 1.93. The fraction of sp³-hybridized carbons (Fsp3) is 1.00. The molecule has 1 atom stereocenters. The van der Waals surface area contributed by atoms with Crippen molar-refractivity contribution in [1.29, 1.82) is 0 Å². The molecule has 2 aliphatic heterocycles. The van der Waals surface area contributed by atoms with Gasteiger partial charge in [0.25, 0.3) is 0 Å². The molecule has 0 aromatic heterocycles. The summed E-state index contributed by atoms with van der Waals surface area (Å²) in [5.41, 5.74) is -0.649. The minimum absolute atomic E-state index is 0.275. The summed E-state index contributed by atoms with van der Waals surface area (Å²) >= 11 is 0. The van der Waals surface area contributed by atoms with Gasteiger partial charge in [-0.1, -0.05) is 0 Å². The van der Waals surface area contributed by atoms with Crippen LogP contribution >= 0.6 is 0 Å². The number of ether oxygens (including phenoxy) is 1. The van der Waals surface area contributed by atoms with Gasteiger partial charge in [-0.3, -0.25) is 0 Å². The Bertz CT molecular complexity index is 376. The number of piperidine rings is 1. The van der Waals surface area contributed by atoms with Crippen LogP contribution in [0.25, 0.3) is 0 Å². The molecule has 1 N–H and O–H groups in total. The second kappa shape index (κ2) is 5.45. The lowest BCUT2D eigenvalue weighted by Gasteiger charge is -2.38. The Kier molecular flexibility index (Phi) is 4.31. The molecule has 106 valence electrons. The Morgan fingerprint density at radius 1 is 1.39 bits per heavy atom. The lowest BCUT2D eigenvalue weighted by atomic mass is 9.82. The van der Waals surface area contributed by atoms with E-state index in [-0.39, 0.29) is 5.92 Å². The monoisotopic (exact) mass is 277 g/mol. The van der Waals surface area contributed by atoms with E-state index in [1.165, 1.54) is 6.26 Å². The van der Waals surface area contributed by atoms with Crippen molar-refractivity contribution in [3.63, 3.8) is 0 Å². The first kappa shape index (κ1) is 14.2. The van der Waals surface area contributed by atoms with Gasteiger partial charge in [0.15, 0.2) is 0 Å². The molecule has 2 heterocycles. The predicted octanol–water partition coefficient (Wildman–Crippen LogP) is 0.590. The van der Waals surface area contributed by atoms with Crippen LogP contribution in [-0.4, -0.2) is 56.0 Å². The summed E-state index contributed by atoms with van der Waals surface area (Å²) in [7, 11) is -3.09. The quantitative estimate of drug-likeness (QED) is 0.820. The molecule has 18 heavy (non-hydrogen) atoms. The average Bonchev–Trinajstić information content (AvgIpc) is 2.28. The lowest BCUT2D eigenvalue weighted by Crippen LogP contribution is -2.44. The molecular formula is C12H23NO4S. The number of rotatable bonds is 3. The van der Waals surface area contributed by atoms with Crippen molar-refractivity contribution >= 4 is 10.0 Å². The van der Waals surface area contributed by atoms with Crippen LogP contribution in [0.2, 0.25) is 0 Å². The molecule has 0 aromatic rings. The zero-order valence-electron chi connectivity index (χ0n) is 11.0. The zero-order valence-corrected chi connectivity index (χ0v) is 11.8. The fourth-order valence-electron chi connectivity index (χ4n) is 2.99. The van der Waals surface area contributed by atoms with Crippen molar-refractivity contribution in [1.82, 2.24) is 4.31 Å². The van der Waals surface area contributed by atoms with Crippen molar-refractivity contribution in [2.45, 2.75) is 37.7 Å². The molecule has 2 rings (SSSR count). The van der Waals surface area contributed by atoms with Crippen LogP contribution in [0.4, 0.5) is 0 Å². The van der Waals surface area contributed by atoms with Gasteiger partial charge in [0.05, 0.1) is 11.9 Å². The normalized spacial score (nSPS) is 30.2. The van der Waals surface area contributed by atoms with Crippen molar-refractivity contribution in [3.8, 4) is 0 Å². The number of hydrogen-bond acceptors (Lipinski definition) is 4. The second-order valence-electron chi connectivity index (χ2n) is 5.67. The third-order valence-corrected chi connectivity index (χ3v) is 5.31. The summed E-state index contributed by atoms with van der Waals surface area (Å²) in [6, 6.07) is 0. The second-order valence-corrected chi connectivity index (χ2v) is 7.65.